The molecule has 0 radical (unpaired) electrons. The quantitative estimate of drug-likeness (QED) is 0.293. The number of likely N-dealkylation sites (N-methyl/N-ethyl adjacent to an activating group) is 1. The lowest BCUT2D eigenvalue weighted by molar-refractivity contribution is -0.160. The smallest absolute Gasteiger partial charge is 0.338 e. The van der Waals surface area contributed by atoms with Crippen molar-refractivity contribution in [3.8, 4) is 0 Å². The first-order valence-electron chi connectivity index (χ1n) is 11.4. The van der Waals surface area contributed by atoms with Crippen molar-refractivity contribution in [3.05, 3.63) is 73.7 Å². The van der Waals surface area contributed by atoms with Crippen molar-refractivity contribution in [1.29, 1.82) is 0 Å². The van der Waals surface area contributed by atoms with Crippen molar-refractivity contribution < 1.29 is 53.5 Å². The molecule has 0 bridgehead atoms. The molecule has 2 aromatic carbocycles. The number of carbonyl (C=O) groups is 2. The van der Waals surface area contributed by atoms with Gasteiger partial charge in [-0.1, -0.05) is 37.9 Å². The molecule has 1 atom stereocenters. The average molecular weight is 728 g/mol. The van der Waals surface area contributed by atoms with Gasteiger partial charge in [-0.2, -0.15) is 39.5 Å². The highest BCUT2D eigenvalue weighted by Gasteiger charge is 2.54. The van der Waals surface area contributed by atoms with Gasteiger partial charge in [0.2, 0.25) is 5.91 Å². The monoisotopic (exact) mass is 726 g/mol. The summed E-state index contributed by atoms with van der Waals surface area (Å²) in [5.74, 6) is -6.86. The summed E-state index contributed by atoms with van der Waals surface area (Å²) in [5, 5.41) is 2.03. The van der Waals surface area contributed by atoms with Crippen LogP contribution in [0, 0.1) is 0 Å². The molecule has 1 saturated carbocycles. The zero-order valence-corrected chi connectivity index (χ0v) is 23.7. The lowest BCUT2D eigenvalue weighted by Crippen LogP contribution is -2.51. The molecule has 2 amide bonds. The summed E-state index contributed by atoms with van der Waals surface area (Å²) in [6.07, 6.45) is -15.3. The number of hydrogen-bond acceptors (Lipinski definition) is 2. The Balaban J connectivity index is 1.96. The molecule has 1 aliphatic rings. The number of alkyl halides is 9. The number of carbonyl (C=O) groups excluding carboxylic acids is 2. The maximum atomic E-state index is 15.0. The summed E-state index contributed by atoms with van der Waals surface area (Å²) in [6, 6.07) is 4.84. The standard InChI is InChI=1S/C25H18Br2F10N2O2/c1-39(11-23(29,30)31)21(41)22(4-5-22)38-20(40)16-3-2-12(8-18(16)25(35,36)37)19(28)10-17(24(32,33)34)13-6-14(26)9-15(27)7-13/h2-3,6-10,17H,4-5,11H2,1H3,(H,38,40). The van der Waals surface area contributed by atoms with Gasteiger partial charge in [-0.3, -0.25) is 9.59 Å². The zero-order chi connectivity index (χ0) is 31.1. The molecule has 1 unspecified atom stereocenters. The number of hydrogen-bond donors (Lipinski definition) is 1. The number of nitrogens with zero attached hydrogens (tertiary/aromatic N) is 1. The molecule has 0 spiro atoms. The molecule has 224 valence electrons. The van der Waals surface area contributed by atoms with Crippen LogP contribution in [0.1, 0.15) is 45.8 Å². The van der Waals surface area contributed by atoms with E-state index in [0.29, 0.717) is 12.1 Å². The largest absolute Gasteiger partial charge is 0.417 e. The van der Waals surface area contributed by atoms with E-state index in [1.165, 1.54) is 6.07 Å². The molecule has 16 heteroatoms. The topological polar surface area (TPSA) is 49.4 Å². The van der Waals surface area contributed by atoms with Crippen LogP contribution in [-0.2, 0) is 11.0 Å². The van der Waals surface area contributed by atoms with Gasteiger partial charge in [0.25, 0.3) is 5.91 Å². The molecule has 0 saturated heterocycles. The number of benzene rings is 2. The molecule has 0 heterocycles. The van der Waals surface area contributed by atoms with E-state index in [4.69, 9.17) is 0 Å². The Kier molecular flexibility index (Phi) is 9.28. The molecule has 41 heavy (non-hydrogen) atoms. The SMILES string of the molecule is CN(CC(F)(F)F)C(=O)C1(NC(=O)c2ccc(C(F)=CC(c3cc(Br)cc(Br)c3)C(F)(F)F)cc2C(F)(F)F)CC1. The van der Waals surface area contributed by atoms with E-state index in [-0.39, 0.29) is 38.8 Å². The predicted molar refractivity (Wildman–Crippen MR) is 134 cm³/mol. The Hall–Kier alpha value is -2.62. The minimum atomic E-state index is -5.30. The Morgan fingerprint density at radius 1 is 0.976 bits per heavy atom. The molecule has 1 N–H and O–H groups in total. The summed E-state index contributed by atoms with van der Waals surface area (Å²) in [5.41, 5.74) is -6.02. The van der Waals surface area contributed by atoms with Gasteiger partial charge < -0.3 is 10.2 Å². The van der Waals surface area contributed by atoms with Crippen molar-refractivity contribution in [3.63, 3.8) is 0 Å². The summed E-state index contributed by atoms with van der Waals surface area (Å²) in [7, 11) is 0.814. The lowest BCUT2D eigenvalue weighted by atomic mass is 9.95. The Morgan fingerprint density at radius 3 is 2.00 bits per heavy atom. The van der Waals surface area contributed by atoms with Crippen LogP contribution < -0.4 is 5.32 Å². The number of allylic oxidation sites excluding steroid dienone is 1. The van der Waals surface area contributed by atoms with E-state index in [1.807, 2.05) is 5.32 Å². The van der Waals surface area contributed by atoms with E-state index in [1.54, 1.807) is 0 Å². The molecular weight excluding hydrogens is 710 g/mol. The summed E-state index contributed by atoms with van der Waals surface area (Å²) in [4.78, 5) is 25.5. The second kappa shape index (κ2) is 11.6. The van der Waals surface area contributed by atoms with E-state index in [0.717, 1.165) is 19.2 Å². The molecule has 4 nitrogen and oxygen atoms in total. The third kappa shape index (κ3) is 8.23. The molecule has 3 rings (SSSR count). The van der Waals surface area contributed by atoms with Gasteiger partial charge >= 0.3 is 18.5 Å². The molecule has 0 aliphatic heterocycles. The van der Waals surface area contributed by atoms with Gasteiger partial charge in [0, 0.05) is 21.6 Å². The van der Waals surface area contributed by atoms with E-state index in [2.05, 4.69) is 31.9 Å². The van der Waals surface area contributed by atoms with Gasteiger partial charge in [0.1, 0.15) is 23.8 Å². The summed E-state index contributed by atoms with van der Waals surface area (Å²) >= 11 is 6.04. The van der Waals surface area contributed by atoms with Gasteiger partial charge in [-0.25, -0.2) is 4.39 Å². The van der Waals surface area contributed by atoms with Crippen LogP contribution in [0.15, 0.2) is 51.4 Å². The van der Waals surface area contributed by atoms with Crippen LogP contribution in [0.25, 0.3) is 5.83 Å². The summed E-state index contributed by atoms with van der Waals surface area (Å²) in [6.45, 7) is -1.66. The number of halogens is 12. The average Bonchev–Trinajstić information content (AvgIpc) is 3.58. The lowest BCUT2D eigenvalue weighted by Gasteiger charge is -2.25. The van der Waals surface area contributed by atoms with Crippen LogP contribution in [0.4, 0.5) is 43.9 Å². The van der Waals surface area contributed by atoms with Crippen molar-refractivity contribution >= 4 is 49.5 Å². The molecule has 0 aromatic heterocycles. The Labute approximate surface area is 243 Å². The first kappa shape index (κ1) is 32.9. The zero-order valence-electron chi connectivity index (χ0n) is 20.5. The first-order chi connectivity index (χ1) is 18.6. The van der Waals surface area contributed by atoms with Crippen molar-refractivity contribution in [2.75, 3.05) is 13.6 Å². The highest BCUT2D eigenvalue weighted by Crippen LogP contribution is 2.42. The fraction of sp³-hybridized carbons (Fsp3) is 0.360. The van der Waals surface area contributed by atoms with Gasteiger partial charge in [0.05, 0.1) is 11.1 Å². The second-order valence-corrected chi connectivity index (χ2v) is 11.1. The maximum absolute atomic E-state index is 15.0. The molecule has 2 aromatic rings. The fourth-order valence-electron chi connectivity index (χ4n) is 4.01. The predicted octanol–water partition coefficient (Wildman–Crippen LogP) is 8.17. The molecule has 1 aliphatic carbocycles. The maximum Gasteiger partial charge on any atom is 0.417 e. The third-order valence-corrected chi connectivity index (χ3v) is 6.95. The highest BCUT2D eigenvalue weighted by molar-refractivity contribution is 9.11. The minimum Gasteiger partial charge on any atom is -0.338 e. The second-order valence-electron chi connectivity index (χ2n) is 9.31. The minimum absolute atomic E-state index is 0.0950. The van der Waals surface area contributed by atoms with Gasteiger partial charge in [0.15, 0.2) is 0 Å². The van der Waals surface area contributed by atoms with Crippen molar-refractivity contribution in [2.24, 2.45) is 0 Å². The first-order valence-corrected chi connectivity index (χ1v) is 13.0. The van der Waals surface area contributed by atoms with Crippen molar-refractivity contribution in [2.45, 2.75) is 42.8 Å². The number of amides is 2. The van der Waals surface area contributed by atoms with Crippen molar-refractivity contribution in [1.82, 2.24) is 10.2 Å². The van der Waals surface area contributed by atoms with Crippen LogP contribution >= 0.6 is 31.9 Å². The van der Waals surface area contributed by atoms with Crippen LogP contribution in [-0.4, -0.2) is 48.2 Å². The highest BCUT2D eigenvalue weighted by atomic mass is 79.9. The van der Waals surface area contributed by atoms with Crippen LogP contribution in [0.5, 0.6) is 0 Å². The van der Waals surface area contributed by atoms with E-state index < -0.39 is 76.4 Å². The fourth-order valence-corrected chi connectivity index (χ4v) is 5.34. The number of nitrogens with one attached hydrogen (secondary N) is 1. The molecule has 1 fully saturated rings. The van der Waals surface area contributed by atoms with E-state index >= 15 is 4.39 Å². The number of rotatable bonds is 7. The van der Waals surface area contributed by atoms with E-state index in [9.17, 15) is 49.1 Å². The van der Waals surface area contributed by atoms with Crippen LogP contribution in [0.3, 0.4) is 0 Å². The van der Waals surface area contributed by atoms with Gasteiger partial charge in [-0.05, 0) is 54.8 Å². The summed E-state index contributed by atoms with van der Waals surface area (Å²) < 4.78 is 136. The third-order valence-electron chi connectivity index (χ3n) is 6.03. The normalized spacial score (nSPS) is 16.3. The Bertz CT molecular complexity index is 1350. The van der Waals surface area contributed by atoms with Gasteiger partial charge in [-0.15, -0.1) is 0 Å². The van der Waals surface area contributed by atoms with Crippen LogP contribution in [0.2, 0.25) is 0 Å². The molecular formula is C25H18Br2F10N2O2. The Morgan fingerprint density at radius 2 is 1.54 bits per heavy atom.